The first kappa shape index (κ1) is 13.8. The third-order valence-electron chi connectivity index (χ3n) is 4.19. The quantitative estimate of drug-likeness (QED) is 0.769. The van der Waals surface area contributed by atoms with Crippen LogP contribution in [0, 0.1) is 5.92 Å². The van der Waals surface area contributed by atoms with Crippen molar-refractivity contribution in [2.75, 3.05) is 18.1 Å². The Labute approximate surface area is 108 Å². The molecule has 1 saturated carbocycles. The number of hydrogen-bond donors (Lipinski definition) is 2. The summed E-state index contributed by atoms with van der Waals surface area (Å²) >= 11 is 0. The molecule has 1 atom stereocenters. The molecule has 1 unspecified atom stereocenters. The number of rotatable bonds is 3. The molecular formula is C12H22N2O3S. The van der Waals surface area contributed by atoms with E-state index in [1.54, 1.807) is 0 Å². The van der Waals surface area contributed by atoms with Crippen molar-refractivity contribution < 1.29 is 13.2 Å². The molecule has 0 radical (unpaired) electrons. The van der Waals surface area contributed by atoms with Crippen LogP contribution in [0.1, 0.15) is 38.5 Å². The highest BCUT2D eigenvalue weighted by Gasteiger charge is 2.38. The number of hydrogen-bond acceptors (Lipinski definition) is 4. The lowest BCUT2D eigenvalue weighted by Gasteiger charge is -2.37. The summed E-state index contributed by atoms with van der Waals surface area (Å²) < 4.78 is 22.8. The highest BCUT2D eigenvalue weighted by atomic mass is 32.2. The standard InChI is InChI=1S/C12H22N2O3S/c13-9-12(5-2-1-3-6-12)14-11(15)10-4-7-18(16,17)8-10/h10H,1-9,13H2,(H,14,15). The van der Waals surface area contributed by atoms with Crippen LogP contribution in [-0.2, 0) is 14.6 Å². The number of nitrogens with one attached hydrogen (secondary N) is 1. The maximum absolute atomic E-state index is 12.1. The Kier molecular flexibility index (Phi) is 3.96. The van der Waals surface area contributed by atoms with Crippen LogP contribution in [-0.4, -0.2) is 37.9 Å². The Hall–Kier alpha value is -0.620. The van der Waals surface area contributed by atoms with Gasteiger partial charge in [-0.3, -0.25) is 4.79 Å². The normalized spacial score (nSPS) is 29.9. The van der Waals surface area contributed by atoms with Crippen LogP contribution in [0.15, 0.2) is 0 Å². The first-order valence-corrected chi connectivity index (χ1v) is 8.51. The molecule has 2 aliphatic rings. The van der Waals surface area contributed by atoms with Gasteiger partial charge in [0.25, 0.3) is 0 Å². The molecule has 104 valence electrons. The van der Waals surface area contributed by atoms with Crippen molar-refractivity contribution in [2.45, 2.75) is 44.1 Å². The fourth-order valence-corrected chi connectivity index (χ4v) is 4.72. The lowest BCUT2D eigenvalue weighted by Crippen LogP contribution is -2.56. The molecule has 1 aliphatic heterocycles. The van der Waals surface area contributed by atoms with Crippen molar-refractivity contribution in [3.8, 4) is 0 Å². The van der Waals surface area contributed by atoms with Gasteiger partial charge < -0.3 is 11.1 Å². The van der Waals surface area contributed by atoms with E-state index in [2.05, 4.69) is 5.32 Å². The minimum absolute atomic E-state index is 0.000511. The molecule has 18 heavy (non-hydrogen) atoms. The summed E-state index contributed by atoms with van der Waals surface area (Å²) in [4.78, 5) is 12.1. The van der Waals surface area contributed by atoms with E-state index in [0.29, 0.717) is 13.0 Å². The molecule has 0 aromatic rings. The van der Waals surface area contributed by atoms with Crippen molar-refractivity contribution in [2.24, 2.45) is 11.7 Å². The third-order valence-corrected chi connectivity index (χ3v) is 5.96. The van der Waals surface area contributed by atoms with Gasteiger partial charge in [-0.2, -0.15) is 0 Å². The molecule has 0 aromatic carbocycles. The fraction of sp³-hybridized carbons (Fsp3) is 0.917. The zero-order chi connectivity index (χ0) is 13.2. The topological polar surface area (TPSA) is 89.3 Å². The molecule has 1 heterocycles. The number of nitrogens with two attached hydrogens (primary N) is 1. The summed E-state index contributed by atoms with van der Waals surface area (Å²) in [6.07, 6.45) is 5.63. The Balaban J connectivity index is 1.98. The number of carbonyl (C=O) groups excluding carboxylic acids is 1. The zero-order valence-corrected chi connectivity index (χ0v) is 11.5. The summed E-state index contributed by atoms with van der Waals surface area (Å²) in [5.41, 5.74) is 5.52. The highest BCUT2D eigenvalue weighted by Crippen LogP contribution is 2.28. The first-order valence-electron chi connectivity index (χ1n) is 6.69. The second-order valence-electron chi connectivity index (χ2n) is 5.63. The van der Waals surface area contributed by atoms with E-state index < -0.39 is 9.84 Å². The lowest BCUT2D eigenvalue weighted by molar-refractivity contribution is -0.126. The largest absolute Gasteiger partial charge is 0.349 e. The van der Waals surface area contributed by atoms with Gasteiger partial charge in [0.05, 0.1) is 23.0 Å². The predicted octanol–water partition coefficient (Wildman–Crippen LogP) is 0.199. The van der Waals surface area contributed by atoms with Gasteiger partial charge in [0.15, 0.2) is 9.84 Å². The van der Waals surface area contributed by atoms with E-state index in [0.717, 1.165) is 25.7 Å². The van der Waals surface area contributed by atoms with Crippen LogP contribution in [0.4, 0.5) is 0 Å². The van der Waals surface area contributed by atoms with E-state index >= 15 is 0 Å². The van der Waals surface area contributed by atoms with Gasteiger partial charge in [-0.1, -0.05) is 19.3 Å². The summed E-state index contributed by atoms with van der Waals surface area (Å²) in [5, 5.41) is 3.03. The maximum Gasteiger partial charge on any atom is 0.224 e. The number of carbonyl (C=O) groups is 1. The van der Waals surface area contributed by atoms with Crippen molar-refractivity contribution >= 4 is 15.7 Å². The van der Waals surface area contributed by atoms with Gasteiger partial charge >= 0.3 is 0 Å². The van der Waals surface area contributed by atoms with Crippen LogP contribution in [0.25, 0.3) is 0 Å². The van der Waals surface area contributed by atoms with E-state index in [1.165, 1.54) is 6.42 Å². The van der Waals surface area contributed by atoms with Crippen LogP contribution in [0.2, 0.25) is 0 Å². The third kappa shape index (κ3) is 3.03. The van der Waals surface area contributed by atoms with Crippen molar-refractivity contribution in [3.05, 3.63) is 0 Å². The van der Waals surface area contributed by atoms with Crippen molar-refractivity contribution in [1.29, 1.82) is 0 Å². The van der Waals surface area contributed by atoms with Crippen LogP contribution in [0.3, 0.4) is 0 Å². The van der Waals surface area contributed by atoms with Gasteiger partial charge in [0.2, 0.25) is 5.91 Å². The summed E-state index contributed by atoms with van der Waals surface area (Å²) in [5.74, 6) is -0.357. The Bertz CT molecular complexity index is 413. The SMILES string of the molecule is NCC1(NC(=O)C2CCS(=O)(=O)C2)CCCCC1. The molecule has 2 fully saturated rings. The Morgan fingerprint density at radius 3 is 2.44 bits per heavy atom. The minimum Gasteiger partial charge on any atom is -0.349 e. The highest BCUT2D eigenvalue weighted by molar-refractivity contribution is 7.91. The number of amides is 1. The molecule has 6 heteroatoms. The molecule has 1 aliphatic carbocycles. The fourth-order valence-electron chi connectivity index (χ4n) is 2.97. The molecule has 0 bridgehead atoms. The average molecular weight is 274 g/mol. The van der Waals surface area contributed by atoms with E-state index in [4.69, 9.17) is 5.73 Å². The molecular weight excluding hydrogens is 252 g/mol. The van der Waals surface area contributed by atoms with Crippen molar-refractivity contribution in [1.82, 2.24) is 5.32 Å². The van der Waals surface area contributed by atoms with E-state index in [-0.39, 0.29) is 28.9 Å². The predicted molar refractivity (Wildman–Crippen MR) is 69.8 cm³/mol. The maximum atomic E-state index is 12.1. The molecule has 1 saturated heterocycles. The average Bonchev–Trinajstić information content (AvgIpc) is 2.71. The van der Waals surface area contributed by atoms with Gasteiger partial charge in [-0.15, -0.1) is 0 Å². The van der Waals surface area contributed by atoms with Gasteiger partial charge in [-0.05, 0) is 19.3 Å². The van der Waals surface area contributed by atoms with Gasteiger partial charge in [0.1, 0.15) is 0 Å². The smallest absolute Gasteiger partial charge is 0.224 e. The second-order valence-corrected chi connectivity index (χ2v) is 7.86. The summed E-state index contributed by atoms with van der Waals surface area (Å²) in [7, 11) is -3.00. The first-order chi connectivity index (χ1) is 8.46. The van der Waals surface area contributed by atoms with Gasteiger partial charge in [0, 0.05) is 6.54 Å². The number of sulfone groups is 1. The molecule has 1 amide bonds. The Morgan fingerprint density at radius 1 is 1.28 bits per heavy atom. The molecule has 0 spiro atoms. The van der Waals surface area contributed by atoms with E-state index in [1.807, 2.05) is 0 Å². The van der Waals surface area contributed by atoms with E-state index in [9.17, 15) is 13.2 Å². The molecule has 0 aromatic heterocycles. The summed E-state index contributed by atoms with van der Waals surface area (Å²) in [6, 6.07) is 0. The monoisotopic (exact) mass is 274 g/mol. The van der Waals surface area contributed by atoms with Crippen molar-refractivity contribution in [3.63, 3.8) is 0 Å². The van der Waals surface area contributed by atoms with Crippen LogP contribution < -0.4 is 11.1 Å². The van der Waals surface area contributed by atoms with Crippen LogP contribution >= 0.6 is 0 Å². The molecule has 3 N–H and O–H groups in total. The molecule has 2 rings (SSSR count). The minimum atomic E-state index is -3.00. The van der Waals surface area contributed by atoms with Gasteiger partial charge in [-0.25, -0.2) is 8.42 Å². The Morgan fingerprint density at radius 2 is 1.94 bits per heavy atom. The lowest BCUT2D eigenvalue weighted by atomic mass is 9.81. The molecule has 5 nitrogen and oxygen atoms in total. The second kappa shape index (κ2) is 5.17. The summed E-state index contributed by atoms with van der Waals surface area (Å²) in [6.45, 7) is 0.443. The zero-order valence-electron chi connectivity index (χ0n) is 10.7. The van der Waals surface area contributed by atoms with Crippen LogP contribution in [0.5, 0.6) is 0 Å².